The molecule has 2 N–H and O–H groups in total. The first kappa shape index (κ1) is 14.0. The Bertz CT molecular complexity index is 339. The molecule has 0 heterocycles. The molecule has 0 aliphatic rings. The molecule has 0 saturated carbocycles. The molecule has 0 bridgehead atoms. The van der Waals surface area contributed by atoms with Crippen molar-refractivity contribution in [2.45, 2.75) is 32.7 Å². The van der Waals surface area contributed by atoms with Gasteiger partial charge in [-0.3, -0.25) is 0 Å². The minimum absolute atomic E-state index is 0.201. The molecule has 1 aromatic carbocycles. The molecule has 0 amide bonds. The van der Waals surface area contributed by atoms with Gasteiger partial charge in [0.2, 0.25) is 0 Å². The summed E-state index contributed by atoms with van der Waals surface area (Å²) in [7, 11) is 1.68. The molecular weight excluding hydrogens is 214 g/mol. The van der Waals surface area contributed by atoms with Crippen molar-refractivity contribution in [2.24, 2.45) is 0 Å². The molecule has 3 heteroatoms. The van der Waals surface area contributed by atoms with Gasteiger partial charge in [-0.25, -0.2) is 0 Å². The smallest absolute Gasteiger partial charge is 0.121 e. The Labute approximate surface area is 104 Å². The van der Waals surface area contributed by atoms with Crippen molar-refractivity contribution in [1.82, 2.24) is 5.32 Å². The molecule has 0 radical (unpaired) electrons. The quantitative estimate of drug-likeness (QED) is 0.765. The van der Waals surface area contributed by atoms with E-state index in [1.807, 2.05) is 13.0 Å². The number of hydrogen-bond acceptors (Lipinski definition) is 3. The Morgan fingerprint density at radius 2 is 2.18 bits per heavy atom. The zero-order valence-electron chi connectivity index (χ0n) is 11.0. The first-order valence-corrected chi connectivity index (χ1v) is 6.21. The van der Waals surface area contributed by atoms with Crippen molar-refractivity contribution in [3.63, 3.8) is 0 Å². The van der Waals surface area contributed by atoms with Crippen molar-refractivity contribution < 1.29 is 9.84 Å². The summed E-state index contributed by atoms with van der Waals surface area (Å²) in [6.45, 7) is 5.35. The average molecular weight is 237 g/mol. The molecule has 0 aromatic heterocycles. The topological polar surface area (TPSA) is 41.5 Å². The number of aliphatic hydroxyl groups excluding tert-OH is 1. The Hall–Kier alpha value is -1.06. The highest BCUT2D eigenvalue weighted by atomic mass is 16.5. The first-order chi connectivity index (χ1) is 8.22. The maximum atomic E-state index is 9.10. The molecule has 1 rings (SSSR count). The molecule has 17 heavy (non-hydrogen) atoms. The molecule has 1 unspecified atom stereocenters. The zero-order valence-corrected chi connectivity index (χ0v) is 11.0. The van der Waals surface area contributed by atoms with Gasteiger partial charge in [0.05, 0.1) is 7.11 Å². The normalized spacial score (nSPS) is 12.5. The summed E-state index contributed by atoms with van der Waals surface area (Å²) in [5.41, 5.74) is 2.34. The average Bonchev–Trinajstić information content (AvgIpc) is 2.34. The van der Waals surface area contributed by atoms with E-state index in [9.17, 15) is 0 Å². The van der Waals surface area contributed by atoms with Crippen LogP contribution in [0.4, 0.5) is 0 Å². The van der Waals surface area contributed by atoms with Gasteiger partial charge in [0, 0.05) is 12.6 Å². The van der Waals surface area contributed by atoms with E-state index in [2.05, 4.69) is 24.4 Å². The van der Waals surface area contributed by atoms with Crippen LogP contribution in [0.25, 0.3) is 0 Å². The highest BCUT2D eigenvalue weighted by molar-refractivity contribution is 5.37. The number of methoxy groups -OCH3 is 1. The van der Waals surface area contributed by atoms with Crippen LogP contribution in [-0.4, -0.2) is 25.4 Å². The Kier molecular flexibility index (Phi) is 6.01. The van der Waals surface area contributed by atoms with Gasteiger partial charge in [-0.15, -0.1) is 0 Å². The minimum Gasteiger partial charge on any atom is -0.496 e. The number of benzene rings is 1. The van der Waals surface area contributed by atoms with Crippen molar-refractivity contribution in [3.05, 3.63) is 29.3 Å². The van der Waals surface area contributed by atoms with E-state index in [0.717, 1.165) is 30.7 Å². The van der Waals surface area contributed by atoms with E-state index < -0.39 is 0 Å². The lowest BCUT2D eigenvalue weighted by atomic mass is 10.0. The summed E-state index contributed by atoms with van der Waals surface area (Å²) in [5, 5.41) is 12.6. The zero-order chi connectivity index (χ0) is 12.7. The SMILES string of the molecule is CCCNC(CCO)c1ccc(OC)c(C)c1. The van der Waals surface area contributed by atoms with E-state index in [-0.39, 0.29) is 12.6 Å². The molecule has 0 saturated heterocycles. The highest BCUT2D eigenvalue weighted by Gasteiger charge is 2.11. The van der Waals surface area contributed by atoms with Crippen LogP contribution in [0.2, 0.25) is 0 Å². The molecule has 0 aliphatic carbocycles. The Morgan fingerprint density at radius 1 is 1.41 bits per heavy atom. The summed E-state index contributed by atoms with van der Waals surface area (Å²) in [6, 6.07) is 6.41. The lowest BCUT2D eigenvalue weighted by Gasteiger charge is -2.19. The monoisotopic (exact) mass is 237 g/mol. The van der Waals surface area contributed by atoms with E-state index in [1.54, 1.807) is 7.11 Å². The summed E-state index contributed by atoms with van der Waals surface area (Å²) >= 11 is 0. The van der Waals surface area contributed by atoms with Gasteiger partial charge in [-0.2, -0.15) is 0 Å². The van der Waals surface area contributed by atoms with Crippen molar-refractivity contribution >= 4 is 0 Å². The van der Waals surface area contributed by atoms with Gasteiger partial charge in [-0.05, 0) is 43.5 Å². The number of aryl methyl sites for hydroxylation is 1. The fourth-order valence-corrected chi connectivity index (χ4v) is 1.95. The third-order valence-electron chi connectivity index (χ3n) is 2.88. The largest absolute Gasteiger partial charge is 0.496 e. The van der Waals surface area contributed by atoms with Crippen molar-refractivity contribution in [3.8, 4) is 5.75 Å². The van der Waals surface area contributed by atoms with E-state index in [4.69, 9.17) is 9.84 Å². The molecular formula is C14H23NO2. The number of hydrogen-bond donors (Lipinski definition) is 2. The molecule has 0 spiro atoms. The van der Waals surface area contributed by atoms with Gasteiger partial charge in [0.15, 0.2) is 0 Å². The minimum atomic E-state index is 0.201. The number of ether oxygens (including phenoxy) is 1. The summed E-state index contributed by atoms with van der Waals surface area (Å²) in [6.07, 6.45) is 1.84. The first-order valence-electron chi connectivity index (χ1n) is 6.21. The second kappa shape index (κ2) is 7.30. The molecule has 96 valence electrons. The van der Waals surface area contributed by atoms with Crippen molar-refractivity contribution in [1.29, 1.82) is 0 Å². The van der Waals surface area contributed by atoms with Crippen LogP contribution in [-0.2, 0) is 0 Å². The van der Waals surface area contributed by atoms with Crippen LogP contribution in [0.5, 0.6) is 5.75 Å². The summed E-state index contributed by atoms with van der Waals surface area (Å²) in [4.78, 5) is 0. The van der Waals surface area contributed by atoms with Crippen LogP contribution in [0, 0.1) is 6.92 Å². The maximum Gasteiger partial charge on any atom is 0.121 e. The van der Waals surface area contributed by atoms with Gasteiger partial charge in [-0.1, -0.05) is 19.1 Å². The fraction of sp³-hybridized carbons (Fsp3) is 0.571. The number of aliphatic hydroxyl groups is 1. The van der Waals surface area contributed by atoms with E-state index in [1.165, 1.54) is 5.56 Å². The van der Waals surface area contributed by atoms with E-state index in [0.29, 0.717) is 0 Å². The molecule has 0 aliphatic heterocycles. The highest BCUT2D eigenvalue weighted by Crippen LogP contribution is 2.24. The second-order valence-electron chi connectivity index (χ2n) is 4.25. The third-order valence-corrected chi connectivity index (χ3v) is 2.88. The van der Waals surface area contributed by atoms with Crippen LogP contribution in [0.1, 0.15) is 36.9 Å². The molecule has 3 nitrogen and oxygen atoms in total. The van der Waals surface area contributed by atoms with Crippen LogP contribution >= 0.6 is 0 Å². The maximum absolute atomic E-state index is 9.10. The second-order valence-corrected chi connectivity index (χ2v) is 4.25. The van der Waals surface area contributed by atoms with Gasteiger partial charge >= 0.3 is 0 Å². The van der Waals surface area contributed by atoms with Crippen LogP contribution in [0.15, 0.2) is 18.2 Å². The number of rotatable bonds is 7. The Balaban J connectivity index is 2.82. The molecule has 1 atom stereocenters. The molecule has 1 aromatic rings. The Morgan fingerprint density at radius 3 is 2.71 bits per heavy atom. The fourth-order valence-electron chi connectivity index (χ4n) is 1.95. The standard InChI is InChI=1S/C14H23NO2/c1-4-8-15-13(7-9-16)12-5-6-14(17-3)11(2)10-12/h5-6,10,13,15-16H,4,7-9H2,1-3H3. The van der Waals surface area contributed by atoms with Crippen LogP contribution in [0.3, 0.4) is 0 Å². The predicted octanol–water partition coefficient (Wildman–Crippen LogP) is 2.43. The van der Waals surface area contributed by atoms with Gasteiger partial charge in [0.25, 0.3) is 0 Å². The summed E-state index contributed by atoms with van der Waals surface area (Å²) in [5.74, 6) is 0.909. The van der Waals surface area contributed by atoms with Crippen molar-refractivity contribution in [2.75, 3.05) is 20.3 Å². The third kappa shape index (κ3) is 4.02. The number of nitrogens with one attached hydrogen (secondary N) is 1. The van der Waals surface area contributed by atoms with Gasteiger partial charge in [0.1, 0.15) is 5.75 Å². The van der Waals surface area contributed by atoms with E-state index >= 15 is 0 Å². The predicted molar refractivity (Wildman–Crippen MR) is 70.5 cm³/mol. The molecule has 0 fully saturated rings. The van der Waals surface area contributed by atoms with Crippen LogP contribution < -0.4 is 10.1 Å². The lowest BCUT2D eigenvalue weighted by molar-refractivity contribution is 0.265. The lowest BCUT2D eigenvalue weighted by Crippen LogP contribution is -2.23. The van der Waals surface area contributed by atoms with Gasteiger partial charge < -0.3 is 15.2 Å². The summed E-state index contributed by atoms with van der Waals surface area (Å²) < 4.78 is 5.25.